The molecule has 0 bridgehead atoms. The minimum absolute atomic E-state index is 0.0571. The molecule has 6 nitrogen and oxygen atoms in total. The molecule has 1 fully saturated rings. The van der Waals surface area contributed by atoms with E-state index in [0.29, 0.717) is 19.7 Å². The van der Waals surface area contributed by atoms with Gasteiger partial charge in [0.2, 0.25) is 0 Å². The molecule has 0 saturated carbocycles. The van der Waals surface area contributed by atoms with E-state index in [1.807, 2.05) is 30.3 Å². The van der Waals surface area contributed by atoms with Crippen LogP contribution >= 0.6 is 0 Å². The molecule has 0 spiro atoms. The van der Waals surface area contributed by atoms with Crippen molar-refractivity contribution in [3.05, 3.63) is 35.9 Å². The number of likely N-dealkylation sites (tertiary alicyclic amines) is 1. The molecule has 1 heterocycles. The first-order valence-electron chi connectivity index (χ1n) is 6.58. The van der Waals surface area contributed by atoms with E-state index in [9.17, 15) is 9.59 Å². The topological polar surface area (TPSA) is 67.9 Å². The first-order valence-corrected chi connectivity index (χ1v) is 6.58. The number of ether oxygens (including phenoxy) is 2. The summed E-state index contributed by atoms with van der Waals surface area (Å²) in [6.07, 6.45) is -0.814. The fourth-order valence-corrected chi connectivity index (χ4v) is 1.87. The number of carbonyl (C=O) groups is 2. The molecule has 1 aliphatic rings. The van der Waals surface area contributed by atoms with Gasteiger partial charge >= 0.3 is 12.2 Å². The van der Waals surface area contributed by atoms with Gasteiger partial charge in [-0.1, -0.05) is 30.3 Å². The average Bonchev–Trinajstić information content (AvgIpc) is 2.41. The van der Waals surface area contributed by atoms with Crippen LogP contribution in [0.2, 0.25) is 0 Å². The Labute approximate surface area is 117 Å². The van der Waals surface area contributed by atoms with Gasteiger partial charge in [-0.25, -0.2) is 9.59 Å². The molecule has 0 atom stereocenters. The number of alkyl carbamates (subject to hydrolysis) is 1. The Morgan fingerprint density at radius 2 is 1.95 bits per heavy atom. The van der Waals surface area contributed by atoms with Crippen LogP contribution in [0, 0.1) is 0 Å². The van der Waals surface area contributed by atoms with Crippen molar-refractivity contribution in [1.82, 2.24) is 10.2 Å². The molecule has 1 aliphatic heterocycles. The van der Waals surface area contributed by atoms with Crippen molar-refractivity contribution >= 4 is 12.2 Å². The predicted octanol–water partition coefficient (Wildman–Crippen LogP) is 1.75. The zero-order valence-electron chi connectivity index (χ0n) is 11.4. The molecule has 0 unspecified atom stereocenters. The van der Waals surface area contributed by atoms with E-state index >= 15 is 0 Å². The Kier molecular flexibility index (Phi) is 4.81. The lowest BCUT2D eigenvalue weighted by Gasteiger charge is -2.38. The number of nitrogens with zero attached hydrogens (tertiary/aromatic N) is 1. The molecular formula is C14H18N2O4. The summed E-state index contributed by atoms with van der Waals surface area (Å²) >= 11 is 0. The van der Waals surface area contributed by atoms with E-state index in [-0.39, 0.29) is 18.7 Å². The van der Waals surface area contributed by atoms with E-state index in [0.717, 1.165) is 5.56 Å². The summed E-state index contributed by atoms with van der Waals surface area (Å²) in [6, 6.07) is 9.44. The van der Waals surface area contributed by atoms with E-state index in [2.05, 4.69) is 5.32 Å². The van der Waals surface area contributed by atoms with Gasteiger partial charge in [-0.15, -0.1) is 0 Å². The maximum absolute atomic E-state index is 11.7. The molecule has 0 radical (unpaired) electrons. The lowest BCUT2D eigenvalue weighted by atomic mass is 10.1. The van der Waals surface area contributed by atoms with Crippen LogP contribution in [0.1, 0.15) is 12.5 Å². The number of benzene rings is 1. The van der Waals surface area contributed by atoms with Crippen molar-refractivity contribution in [3.63, 3.8) is 0 Å². The molecule has 0 aromatic heterocycles. The molecule has 108 valence electrons. The van der Waals surface area contributed by atoms with E-state index in [1.165, 1.54) is 0 Å². The number of hydrogen-bond donors (Lipinski definition) is 1. The highest BCUT2D eigenvalue weighted by Crippen LogP contribution is 2.11. The van der Waals surface area contributed by atoms with Crippen LogP contribution in [-0.2, 0) is 16.1 Å². The Hall–Kier alpha value is -2.24. The van der Waals surface area contributed by atoms with Gasteiger partial charge in [0, 0.05) is 13.1 Å². The van der Waals surface area contributed by atoms with Crippen LogP contribution in [0.25, 0.3) is 0 Å². The smallest absolute Gasteiger partial charge is 0.410 e. The number of rotatable bonds is 4. The van der Waals surface area contributed by atoms with Crippen molar-refractivity contribution in [2.24, 2.45) is 0 Å². The van der Waals surface area contributed by atoms with Crippen LogP contribution in [0.4, 0.5) is 9.59 Å². The van der Waals surface area contributed by atoms with Gasteiger partial charge in [-0.3, -0.25) is 0 Å². The highest BCUT2D eigenvalue weighted by Gasteiger charge is 2.32. The monoisotopic (exact) mass is 278 g/mol. The third-order valence-electron chi connectivity index (χ3n) is 2.94. The zero-order chi connectivity index (χ0) is 14.4. The minimum Gasteiger partial charge on any atom is -0.450 e. The normalized spacial score (nSPS) is 14.3. The Bertz CT molecular complexity index is 458. The molecule has 1 saturated heterocycles. The molecule has 0 aliphatic carbocycles. The molecule has 1 N–H and O–H groups in total. The maximum atomic E-state index is 11.7. The molecule has 1 aromatic carbocycles. The number of amides is 2. The van der Waals surface area contributed by atoms with Gasteiger partial charge in [0.15, 0.2) is 0 Å². The van der Waals surface area contributed by atoms with Crippen molar-refractivity contribution < 1.29 is 19.1 Å². The summed E-state index contributed by atoms with van der Waals surface area (Å²) in [7, 11) is 0. The van der Waals surface area contributed by atoms with Gasteiger partial charge in [0.1, 0.15) is 6.61 Å². The van der Waals surface area contributed by atoms with Crippen LogP contribution in [-0.4, -0.2) is 42.8 Å². The van der Waals surface area contributed by atoms with Crippen LogP contribution < -0.4 is 5.32 Å². The summed E-state index contributed by atoms with van der Waals surface area (Å²) in [5.41, 5.74) is 0.947. The quantitative estimate of drug-likeness (QED) is 0.911. The fourth-order valence-electron chi connectivity index (χ4n) is 1.87. The van der Waals surface area contributed by atoms with Gasteiger partial charge in [-0.05, 0) is 12.5 Å². The zero-order valence-corrected chi connectivity index (χ0v) is 11.4. The van der Waals surface area contributed by atoms with E-state index in [4.69, 9.17) is 9.47 Å². The fraction of sp³-hybridized carbons (Fsp3) is 0.429. The third-order valence-corrected chi connectivity index (χ3v) is 2.94. The highest BCUT2D eigenvalue weighted by atomic mass is 16.6. The molecule has 20 heavy (non-hydrogen) atoms. The van der Waals surface area contributed by atoms with Crippen LogP contribution in [0.15, 0.2) is 30.3 Å². The van der Waals surface area contributed by atoms with E-state index in [1.54, 1.807) is 11.8 Å². The van der Waals surface area contributed by atoms with Crippen molar-refractivity contribution in [2.45, 2.75) is 19.6 Å². The second-order valence-corrected chi connectivity index (χ2v) is 4.51. The molecule has 6 heteroatoms. The molecule has 1 aromatic rings. The van der Waals surface area contributed by atoms with Gasteiger partial charge in [0.25, 0.3) is 0 Å². The predicted molar refractivity (Wildman–Crippen MR) is 72.1 cm³/mol. The molecular weight excluding hydrogens is 260 g/mol. The number of hydrogen-bond acceptors (Lipinski definition) is 4. The third kappa shape index (κ3) is 3.88. The minimum atomic E-state index is -0.449. The van der Waals surface area contributed by atoms with Crippen LogP contribution in [0.3, 0.4) is 0 Å². The van der Waals surface area contributed by atoms with Gasteiger partial charge in [-0.2, -0.15) is 0 Å². The van der Waals surface area contributed by atoms with Crippen LogP contribution in [0.5, 0.6) is 0 Å². The standard InChI is InChI=1S/C14H18N2O4/c1-2-19-13(17)15-12-8-16(9-12)14(18)20-10-11-6-4-3-5-7-11/h3-7,12H,2,8-10H2,1H3,(H,15,17). The first-order chi connectivity index (χ1) is 9.69. The van der Waals surface area contributed by atoms with Crippen molar-refractivity contribution in [3.8, 4) is 0 Å². The summed E-state index contributed by atoms with van der Waals surface area (Å²) in [5.74, 6) is 0. The molecule has 2 rings (SSSR count). The maximum Gasteiger partial charge on any atom is 0.410 e. The summed E-state index contributed by atoms with van der Waals surface area (Å²) in [5, 5.41) is 2.67. The molecule has 2 amide bonds. The SMILES string of the molecule is CCOC(=O)NC1CN(C(=O)OCc2ccccc2)C1. The Morgan fingerprint density at radius 3 is 2.60 bits per heavy atom. The Morgan fingerprint density at radius 1 is 1.25 bits per heavy atom. The van der Waals surface area contributed by atoms with Gasteiger partial charge < -0.3 is 19.7 Å². The highest BCUT2D eigenvalue weighted by molar-refractivity contribution is 5.71. The summed E-state index contributed by atoms with van der Waals surface area (Å²) < 4.78 is 9.94. The first kappa shape index (κ1) is 14.2. The lowest BCUT2D eigenvalue weighted by Crippen LogP contribution is -2.61. The Balaban J connectivity index is 1.65. The van der Waals surface area contributed by atoms with Crippen molar-refractivity contribution in [1.29, 1.82) is 0 Å². The number of nitrogens with one attached hydrogen (secondary N) is 1. The average molecular weight is 278 g/mol. The summed E-state index contributed by atoms with van der Waals surface area (Å²) in [6.45, 7) is 3.24. The van der Waals surface area contributed by atoms with Gasteiger partial charge in [0.05, 0.1) is 12.6 Å². The van der Waals surface area contributed by atoms with Crippen molar-refractivity contribution in [2.75, 3.05) is 19.7 Å². The second-order valence-electron chi connectivity index (χ2n) is 4.51. The largest absolute Gasteiger partial charge is 0.450 e. The second kappa shape index (κ2) is 6.79. The summed E-state index contributed by atoms with van der Waals surface area (Å²) in [4.78, 5) is 24.4. The van der Waals surface area contributed by atoms with E-state index < -0.39 is 6.09 Å². The number of carbonyl (C=O) groups excluding carboxylic acids is 2. The lowest BCUT2D eigenvalue weighted by molar-refractivity contribution is 0.0576.